The van der Waals surface area contributed by atoms with Crippen LogP contribution < -0.4 is 14.4 Å². The lowest BCUT2D eigenvalue weighted by Gasteiger charge is -2.20. The van der Waals surface area contributed by atoms with Crippen molar-refractivity contribution in [2.75, 3.05) is 11.5 Å². The maximum Gasteiger partial charge on any atom is 0.260 e. The van der Waals surface area contributed by atoms with Crippen LogP contribution in [0.4, 0.5) is 5.13 Å². The van der Waals surface area contributed by atoms with Crippen molar-refractivity contribution in [3.8, 4) is 11.5 Å². The average Bonchev–Trinajstić information content (AvgIpc) is 3.21. The molecule has 0 aliphatic rings. The van der Waals surface area contributed by atoms with Gasteiger partial charge in [0.25, 0.3) is 5.91 Å². The fourth-order valence-corrected chi connectivity index (χ4v) is 4.35. The van der Waals surface area contributed by atoms with Crippen molar-refractivity contribution in [3.05, 3.63) is 83.9 Å². The number of hydrogen-bond acceptors (Lipinski definition) is 5. The van der Waals surface area contributed by atoms with Gasteiger partial charge in [0, 0.05) is 5.56 Å². The van der Waals surface area contributed by atoms with E-state index in [-0.39, 0.29) is 12.0 Å². The normalized spacial score (nSPS) is 11.0. The van der Waals surface area contributed by atoms with Crippen molar-refractivity contribution in [3.63, 3.8) is 0 Å². The molecule has 4 aromatic rings. The number of aromatic nitrogens is 1. The Bertz CT molecular complexity index is 1190. The SMILES string of the molecule is CCOc1ccc2nc(N(Cc3ccccc3)C(=O)c3ccc(OC(C)C)cc3)sc2c1. The molecule has 0 bridgehead atoms. The molecule has 1 heterocycles. The van der Waals surface area contributed by atoms with E-state index in [1.807, 2.05) is 81.4 Å². The van der Waals surface area contributed by atoms with E-state index >= 15 is 0 Å². The van der Waals surface area contributed by atoms with Gasteiger partial charge in [-0.15, -0.1) is 0 Å². The highest BCUT2D eigenvalue weighted by molar-refractivity contribution is 7.22. The van der Waals surface area contributed by atoms with E-state index in [9.17, 15) is 4.79 Å². The summed E-state index contributed by atoms with van der Waals surface area (Å²) in [6.07, 6.45) is 0.0791. The molecule has 0 N–H and O–H groups in total. The summed E-state index contributed by atoms with van der Waals surface area (Å²) in [7, 11) is 0. The summed E-state index contributed by atoms with van der Waals surface area (Å²) in [6, 6.07) is 23.0. The molecule has 1 aromatic heterocycles. The number of nitrogens with zero attached hydrogens (tertiary/aromatic N) is 2. The van der Waals surface area contributed by atoms with Gasteiger partial charge in [0.1, 0.15) is 11.5 Å². The molecule has 32 heavy (non-hydrogen) atoms. The van der Waals surface area contributed by atoms with Gasteiger partial charge < -0.3 is 9.47 Å². The zero-order chi connectivity index (χ0) is 22.5. The van der Waals surface area contributed by atoms with Crippen molar-refractivity contribution in [2.24, 2.45) is 0 Å². The number of hydrogen-bond donors (Lipinski definition) is 0. The zero-order valence-electron chi connectivity index (χ0n) is 18.4. The molecule has 5 nitrogen and oxygen atoms in total. The minimum absolute atomic E-state index is 0.0791. The van der Waals surface area contributed by atoms with Gasteiger partial charge in [-0.1, -0.05) is 41.7 Å². The number of amides is 1. The van der Waals surface area contributed by atoms with E-state index in [4.69, 9.17) is 14.5 Å². The number of carbonyl (C=O) groups excluding carboxylic acids is 1. The lowest BCUT2D eigenvalue weighted by atomic mass is 10.1. The van der Waals surface area contributed by atoms with Crippen molar-refractivity contribution >= 4 is 32.6 Å². The summed E-state index contributed by atoms with van der Waals surface area (Å²) >= 11 is 1.49. The first kappa shape index (κ1) is 21.8. The maximum atomic E-state index is 13.6. The van der Waals surface area contributed by atoms with E-state index in [0.29, 0.717) is 23.8 Å². The zero-order valence-corrected chi connectivity index (χ0v) is 19.3. The van der Waals surface area contributed by atoms with Crippen LogP contribution >= 0.6 is 11.3 Å². The fraction of sp³-hybridized carbons (Fsp3) is 0.231. The molecular weight excluding hydrogens is 420 g/mol. The predicted molar refractivity (Wildman–Crippen MR) is 130 cm³/mol. The van der Waals surface area contributed by atoms with E-state index in [1.165, 1.54) is 11.3 Å². The van der Waals surface area contributed by atoms with Gasteiger partial charge in [-0.05, 0) is 68.8 Å². The number of carbonyl (C=O) groups is 1. The van der Waals surface area contributed by atoms with E-state index in [1.54, 1.807) is 17.0 Å². The Morgan fingerprint density at radius 3 is 2.41 bits per heavy atom. The highest BCUT2D eigenvalue weighted by atomic mass is 32.1. The largest absolute Gasteiger partial charge is 0.494 e. The van der Waals surface area contributed by atoms with Crippen molar-refractivity contribution < 1.29 is 14.3 Å². The van der Waals surface area contributed by atoms with Gasteiger partial charge >= 0.3 is 0 Å². The van der Waals surface area contributed by atoms with E-state index in [2.05, 4.69) is 0 Å². The molecule has 1 amide bonds. The standard InChI is InChI=1S/C26H26N2O3S/c1-4-30-22-14-15-23-24(16-22)32-26(27-23)28(17-19-8-6-5-7-9-19)25(29)20-10-12-21(13-11-20)31-18(2)3/h5-16,18H,4,17H2,1-3H3. The maximum absolute atomic E-state index is 13.6. The Balaban J connectivity index is 1.68. The van der Waals surface area contributed by atoms with Gasteiger partial charge in [-0.25, -0.2) is 4.98 Å². The summed E-state index contributed by atoms with van der Waals surface area (Å²) in [4.78, 5) is 20.0. The first-order chi connectivity index (χ1) is 15.5. The van der Waals surface area contributed by atoms with Gasteiger partial charge in [0.2, 0.25) is 0 Å². The van der Waals surface area contributed by atoms with Crippen LogP contribution in [0.15, 0.2) is 72.8 Å². The summed E-state index contributed by atoms with van der Waals surface area (Å²) in [5.41, 5.74) is 2.47. The van der Waals surface area contributed by atoms with Crippen LogP contribution in [0.5, 0.6) is 11.5 Å². The second-order valence-electron chi connectivity index (χ2n) is 7.63. The minimum Gasteiger partial charge on any atom is -0.494 e. The van der Waals surface area contributed by atoms with Crippen molar-refractivity contribution in [1.82, 2.24) is 4.98 Å². The molecule has 0 saturated heterocycles. The Morgan fingerprint density at radius 1 is 1.00 bits per heavy atom. The number of thiazole rings is 1. The average molecular weight is 447 g/mol. The van der Waals surface area contributed by atoms with Crippen molar-refractivity contribution in [2.45, 2.75) is 33.4 Å². The molecule has 164 valence electrons. The van der Waals surface area contributed by atoms with Crippen LogP contribution in [0.25, 0.3) is 10.2 Å². The second-order valence-corrected chi connectivity index (χ2v) is 8.64. The number of ether oxygens (including phenoxy) is 2. The van der Waals surface area contributed by atoms with Crippen LogP contribution in [0, 0.1) is 0 Å². The Hall–Kier alpha value is -3.38. The molecule has 0 spiro atoms. The summed E-state index contributed by atoms with van der Waals surface area (Å²) in [5.74, 6) is 1.44. The molecule has 0 unspecified atom stereocenters. The van der Waals surface area contributed by atoms with Crippen LogP contribution in [0.2, 0.25) is 0 Å². The topological polar surface area (TPSA) is 51.7 Å². The molecule has 0 saturated carbocycles. The molecule has 6 heteroatoms. The highest BCUT2D eigenvalue weighted by Crippen LogP contribution is 2.33. The molecule has 0 atom stereocenters. The molecule has 4 rings (SSSR count). The van der Waals surface area contributed by atoms with Crippen LogP contribution in [-0.2, 0) is 6.54 Å². The van der Waals surface area contributed by atoms with Gasteiger partial charge in [-0.2, -0.15) is 0 Å². The third-order valence-corrected chi connectivity index (χ3v) is 5.83. The lowest BCUT2D eigenvalue weighted by molar-refractivity contribution is 0.0985. The van der Waals surface area contributed by atoms with Crippen LogP contribution in [-0.4, -0.2) is 23.6 Å². The molecule has 3 aromatic carbocycles. The Labute approximate surface area is 192 Å². The van der Waals surface area contributed by atoms with E-state index < -0.39 is 0 Å². The fourth-order valence-electron chi connectivity index (χ4n) is 3.36. The Morgan fingerprint density at radius 2 is 1.72 bits per heavy atom. The molecule has 0 radical (unpaired) electrons. The number of benzene rings is 3. The van der Waals surface area contributed by atoms with Crippen molar-refractivity contribution in [1.29, 1.82) is 0 Å². The lowest BCUT2D eigenvalue weighted by Crippen LogP contribution is -2.30. The Kier molecular flexibility index (Phi) is 6.71. The van der Waals surface area contributed by atoms with Crippen LogP contribution in [0.1, 0.15) is 36.7 Å². The number of fused-ring (bicyclic) bond motifs is 1. The quantitative estimate of drug-likeness (QED) is 0.317. The van der Waals surface area contributed by atoms with Crippen LogP contribution in [0.3, 0.4) is 0 Å². The predicted octanol–water partition coefficient (Wildman–Crippen LogP) is 6.33. The van der Waals surface area contributed by atoms with E-state index in [0.717, 1.165) is 27.3 Å². The molecule has 0 aliphatic carbocycles. The third-order valence-electron chi connectivity index (χ3n) is 4.79. The number of anilines is 1. The molecule has 0 aliphatic heterocycles. The monoisotopic (exact) mass is 446 g/mol. The first-order valence-corrected chi connectivity index (χ1v) is 11.5. The first-order valence-electron chi connectivity index (χ1n) is 10.7. The second kappa shape index (κ2) is 9.83. The van der Waals surface area contributed by atoms with Gasteiger partial charge in [0.15, 0.2) is 5.13 Å². The molecular formula is C26H26N2O3S. The third kappa shape index (κ3) is 5.08. The molecule has 0 fully saturated rings. The smallest absolute Gasteiger partial charge is 0.260 e. The summed E-state index contributed by atoms with van der Waals surface area (Å²) in [5, 5.41) is 0.657. The highest BCUT2D eigenvalue weighted by Gasteiger charge is 2.22. The van der Waals surface area contributed by atoms with Gasteiger partial charge in [0.05, 0.1) is 29.5 Å². The number of rotatable bonds is 8. The minimum atomic E-state index is -0.103. The summed E-state index contributed by atoms with van der Waals surface area (Å²) in [6.45, 7) is 6.95. The van der Waals surface area contributed by atoms with Gasteiger partial charge in [-0.3, -0.25) is 9.69 Å². The summed E-state index contributed by atoms with van der Waals surface area (Å²) < 4.78 is 12.3.